The molecule has 0 radical (unpaired) electrons. The Morgan fingerprint density at radius 1 is 1.28 bits per heavy atom. The van der Waals surface area contributed by atoms with Gasteiger partial charge in [-0.05, 0) is 42.7 Å². The van der Waals surface area contributed by atoms with Crippen molar-refractivity contribution in [3.63, 3.8) is 0 Å². The van der Waals surface area contributed by atoms with E-state index in [4.69, 9.17) is 11.6 Å². The molecule has 0 spiro atoms. The number of rotatable bonds is 5. The minimum Gasteiger partial charge on any atom is -0.324 e. The number of carbonyl (C=O) groups is 2. The van der Waals surface area contributed by atoms with Crippen LogP contribution in [0.1, 0.15) is 6.42 Å². The molecule has 4 rings (SSSR count). The highest BCUT2D eigenvalue weighted by atomic mass is 35.5. The van der Waals surface area contributed by atoms with Gasteiger partial charge in [-0.25, -0.2) is 9.67 Å². The van der Waals surface area contributed by atoms with Crippen molar-refractivity contribution in [3.05, 3.63) is 60.1 Å². The van der Waals surface area contributed by atoms with Gasteiger partial charge in [0.15, 0.2) is 0 Å². The van der Waals surface area contributed by atoms with Gasteiger partial charge in [0.2, 0.25) is 11.8 Å². The summed E-state index contributed by atoms with van der Waals surface area (Å²) < 4.78 is 1.55. The fourth-order valence-corrected chi connectivity index (χ4v) is 3.91. The lowest BCUT2D eigenvalue weighted by Gasteiger charge is -2.18. The molecular formula is C20H18ClN5O2S. The number of aromatic nitrogens is 3. The Balaban J connectivity index is 1.53. The van der Waals surface area contributed by atoms with Crippen molar-refractivity contribution < 1.29 is 9.59 Å². The van der Waals surface area contributed by atoms with Gasteiger partial charge in [-0.2, -0.15) is 5.10 Å². The van der Waals surface area contributed by atoms with Crippen LogP contribution in [0.5, 0.6) is 0 Å². The van der Waals surface area contributed by atoms with Crippen LogP contribution in [-0.2, 0) is 9.59 Å². The molecule has 1 atom stereocenters. The predicted molar refractivity (Wildman–Crippen MR) is 114 cm³/mol. The zero-order chi connectivity index (χ0) is 20.4. The molecule has 9 heteroatoms. The van der Waals surface area contributed by atoms with Crippen LogP contribution in [0, 0.1) is 5.92 Å². The van der Waals surface area contributed by atoms with Crippen molar-refractivity contribution in [1.82, 2.24) is 14.8 Å². The first-order valence-corrected chi connectivity index (χ1v) is 10.6. The highest BCUT2D eigenvalue weighted by molar-refractivity contribution is 7.98. The van der Waals surface area contributed by atoms with Crippen molar-refractivity contribution in [2.45, 2.75) is 11.3 Å². The summed E-state index contributed by atoms with van der Waals surface area (Å²) >= 11 is 7.73. The maximum Gasteiger partial charge on any atom is 0.229 e. The number of amides is 2. The zero-order valence-electron chi connectivity index (χ0n) is 15.6. The summed E-state index contributed by atoms with van der Waals surface area (Å²) in [5.41, 5.74) is 1.97. The predicted octanol–water partition coefficient (Wildman–Crippen LogP) is 3.63. The zero-order valence-corrected chi connectivity index (χ0v) is 17.2. The summed E-state index contributed by atoms with van der Waals surface area (Å²) in [6.07, 6.45) is 5.10. The van der Waals surface area contributed by atoms with E-state index >= 15 is 0 Å². The van der Waals surface area contributed by atoms with Gasteiger partial charge in [-0.15, -0.1) is 11.8 Å². The Bertz CT molecular complexity index is 1060. The maximum atomic E-state index is 12.9. The Hall–Kier alpha value is -2.84. The number of anilines is 2. The summed E-state index contributed by atoms with van der Waals surface area (Å²) in [7, 11) is 0. The molecule has 1 N–H and O–H groups in total. The number of hydrogen-bond donors (Lipinski definition) is 1. The average Bonchev–Trinajstić information content (AvgIpc) is 3.38. The summed E-state index contributed by atoms with van der Waals surface area (Å²) in [5, 5.41) is 7.50. The van der Waals surface area contributed by atoms with Crippen molar-refractivity contribution in [2.75, 3.05) is 23.0 Å². The Kier molecular flexibility index (Phi) is 5.55. The summed E-state index contributed by atoms with van der Waals surface area (Å²) in [4.78, 5) is 32.1. The molecule has 0 aliphatic carbocycles. The third-order valence-corrected chi connectivity index (χ3v) is 5.70. The lowest BCUT2D eigenvalue weighted by molar-refractivity contribution is -0.122. The van der Waals surface area contributed by atoms with E-state index < -0.39 is 5.92 Å². The van der Waals surface area contributed by atoms with Crippen LogP contribution in [0.15, 0.2) is 60.0 Å². The van der Waals surface area contributed by atoms with Gasteiger partial charge < -0.3 is 10.2 Å². The number of halogens is 1. The molecule has 0 bridgehead atoms. The second kappa shape index (κ2) is 8.26. The smallest absolute Gasteiger partial charge is 0.229 e. The molecule has 1 aromatic heterocycles. The van der Waals surface area contributed by atoms with E-state index in [-0.39, 0.29) is 18.2 Å². The normalized spacial score (nSPS) is 16.3. The van der Waals surface area contributed by atoms with Crippen LogP contribution in [0.2, 0.25) is 5.02 Å². The van der Waals surface area contributed by atoms with Gasteiger partial charge in [0.25, 0.3) is 0 Å². The van der Waals surface area contributed by atoms with Crippen LogP contribution in [0.3, 0.4) is 0 Å². The topological polar surface area (TPSA) is 80.1 Å². The van der Waals surface area contributed by atoms with Gasteiger partial charge in [0.05, 0.1) is 17.3 Å². The second-order valence-corrected chi connectivity index (χ2v) is 7.91. The van der Waals surface area contributed by atoms with Crippen LogP contribution in [-0.4, -0.2) is 39.4 Å². The fraction of sp³-hybridized carbons (Fsp3) is 0.200. The fourth-order valence-electron chi connectivity index (χ4n) is 3.29. The number of thioether (sulfide) groups is 1. The van der Waals surface area contributed by atoms with Crippen LogP contribution in [0.25, 0.3) is 5.69 Å². The largest absolute Gasteiger partial charge is 0.324 e. The molecular weight excluding hydrogens is 410 g/mol. The van der Waals surface area contributed by atoms with Crippen LogP contribution in [0.4, 0.5) is 11.4 Å². The first-order valence-electron chi connectivity index (χ1n) is 8.95. The van der Waals surface area contributed by atoms with Gasteiger partial charge in [-0.1, -0.05) is 17.7 Å². The first kappa shape index (κ1) is 19.5. The number of nitrogens with one attached hydrogen (secondary N) is 1. The molecule has 1 aliphatic heterocycles. The van der Waals surface area contributed by atoms with E-state index in [1.54, 1.807) is 45.9 Å². The molecule has 7 nitrogen and oxygen atoms in total. The van der Waals surface area contributed by atoms with E-state index in [0.717, 1.165) is 10.6 Å². The molecule has 2 aromatic carbocycles. The SMILES string of the molecule is CSc1cccc(N2C[C@@H](C(=O)Nc3cc(Cl)ccc3-n3cncn3)CC2=O)c1. The summed E-state index contributed by atoms with van der Waals surface area (Å²) in [6.45, 7) is 0.335. The molecule has 2 amide bonds. The molecule has 0 unspecified atom stereocenters. The van der Waals surface area contributed by atoms with E-state index in [1.807, 2.05) is 30.5 Å². The van der Waals surface area contributed by atoms with Gasteiger partial charge in [0.1, 0.15) is 12.7 Å². The van der Waals surface area contributed by atoms with E-state index in [2.05, 4.69) is 15.4 Å². The van der Waals surface area contributed by atoms with Crippen molar-refractivity contribution >= 4 is 46.6 Å². The Morgan fingerprint density at radius 3 is 2.90 bits per heavy atom. The summed E-state index contributed by atoms with van der Waals surface area (Å²) in [6, 6.07) is 12.9. The molecule has 1 aliphatic rings. The highest BCUT2D eigenvalue weighted by Gasteiger charge is 2.35. The molecule has 3 aromatic rings. The number of carbonyl (C=O) groups excluding carboxylic acids is 2. The van der Waals surface area contributed by atoms with E-state index in [0.29, 0.717) is 22.9 Å². The number of hydrogen-bond acceptors (Lipinski definition) is 5. The van der Waals surface area contributed by atoms with Gasteiger partial charge in [-0.3, -0.25) is 9.59 Å². The molecule has 1 fully saturated rings. The van der Waals surface area contributed by atoms with Gasteiger partial charge >= 0.3 is 0 Å². The summed E-state index contributed by atoms with van der Waals surface area (Å²) in [5.74, 6) is -0.750. The lowest BCUT2D eigenvalue weighted by atomic mass is 10.1. The third-order valence-electron chi connectivity index (χ3n) is 4.74. The van der Waals surface area contributed by atoms with Crippen molar-refractivity contribution in [1.29, 1.82) is 0 Å². The number of benzene rings is 2. The highest BCUT2D eigenvalue weighted by Crippen LogP contribution is 2.30. The third kappa shape index (κ3) is 4.13. The molecule has 2 heterocycles. The molecule has 0 saturated carbocycles. The van der Waals surface area contributed by atoms with Crippen LogP contribution < -0.4 is 10.2 Å². The minimum absolute atomic E-state index is 0.0639. The standard InChI is InChI=1S/C20H18ClN5O2S/c1-29-16-4-2-3-15(9-16)25-10-13(7-19(25)27)20(28)24-17-8-14(21)5-6-18(17)26-12-22-11-23-26/h2-6,8-9,11-13H,7,10H2,1H3,(H,24,28)/t13-/m0/s1. The second-order valence-electron chi connectivity index (χ2n) is 6.60. The number of nitrogens with zero attached hydrogens (tertiary/aromatic N) is 4. The average molecular weight is 428 g/mol. The monoisotopic (exact) mass is 427 g/mol. The molecule has 148 valence electrons. The van der Waals surface area contributed by atoms with Crippen molar-refractivity contribution in [3.8, 4) is 5.69 Å². The van der Waals surface area contributed by atoms with Gasteiger partial charge in [0, 0.05) is 28.6 Å². The quantitative estimate of drug-likeness (QED) is 0.629. The minimum atomic E-state index is -0.456. The Morgan fingerprint density at radius 2 is 2.14 bits per heavy atom. The molecule has 29 heavy (non-hydrogen) atoms. The van der Waals surface area contributed by atoms with E-state index in [1.165, 1.54) is 6.33 Å². The maximum absolute atomic E-state index is 12.9. The first-order chi connectivity index (χ1) is 14.0. The Labute approximate surface area is 177 Å². The van der Waals surface area contributed by atoms with E-state index in [9.17, 15) is 9.59 Å². The van der Waals surface area contributed by atoms with Crippen molar-refractivity contribution in [2.24, 2.45) is 5.92 Å². The van der Waals surface area contributed by atoms with Crippen LogP contribution >= 0.6 is 23.4 Å². The lowest BCUT2D eigenvalue weighted by Crippen LogP contribution is -2.28. The molecule has 1 saturated heterocycles.